The fourth-order valence-corrected chi connectivity index (χ4v) is 4.28. The Bertz CT molecular complexity index is 1480. The molecule has 0 bridgehead atoms. The molecule has 4 rings (SSSR count). The number of amidine groups is 1. The molecule has 0 aromatic heterocycles. The van der Waals surface area contributed by atoms with Crippen molar-refractivity contribution < 1.29 is 24.2 Å². The van der Waals surface area contributed by atoms with E-state index in [1.807, 2.05) is 30.3 Å². The average Bonchev–Trinajstić information content (AvgIpc) is 3.00. The van der Waals surface area contributed by atoms with Crippen molar-refractivity contribution in [2.45, 2.75) is 18.7 Å². The number of carboxylic acids is 1. The van der Waals surface area contributed by atoms with Gasteiger partial charge in [0.1, 0.15) is 24.5 Å². The second-order valence-electron chi connectivity index (χ2n) is 9.28. The summed E-state index contributed by atoms with van der Waals surface area (Å²) in [6, 6.07) is 28.6. The predicted octanol–water partition coefficient (Wildman–Crippen LogP) is 4.70. The minimum atomic E-state index is -1.09. The van der Waals surface area contributed by atoms with E-state index in [-0.39, 0.29) is 18.2 Å². The molecule has 0 fully saturated rings. The fourth-order valence-electron chi connectivity index (χ4n) is 4.28. The highest BCUT2D eigenvalue weighted by Crippen LogP contribution is 2.32. The number of ketones is 1. The maximum absolute atomic E-state index is 13.6. The Hall–Kier alpha value is -5.15. The molecular weight excluding hydrogens is 520 g/mol. The largest absolute Gasteiger partial charge is 0.493 e. The van der Waals surface area contributed by atoms with Crippen molar-refractivity contribution in [3.05, 3.63) is 125 Å². The van der Waals surface area contributed by atoms with E-state index in [1.165, 1.54) is 7.11 Å². The van der Waals surface area contributed by atoms with Gasteiger partial charge in [-0.15, -0.1) is 0 Å². The molecule has 0 radical (unpaired) electrons. The standard InChI is InChI=1S/C32H32N4O5/c1-40-28-18-24(14-17-27(28)41-20-21-8-4-2-5-9-21)29(36-25-15-12-23(13-16-25)31(33)34)26(37)19-35-30(32(38)39)22-10-6-3-7-11-22/h2-18,29-30,35-36H,19-20H2,1H3,(H3,33,34)(H,38,39)/t29-,30+/m1/s1. The molecule has 0 amide bonds. The van der Waals surface area contributed by atoms with Gasteiger partial charge in [0.05, 0.1) is 13.7 Å². The summed E-state index contributed by atoms with van der Waals surface area (Å²) < 4.78 is 11.6. The third-order valence-electron chi connectivity index (χ3n) is 6.45. The second-order valence-corrected chi connectivity index (χ2v) is 9.28. The van der Waals surface area contributed by atoms with Gasteiger partial charge in [-0.25, -0.2) is 0 Å². The quantitative estimate of drug-likeness (QED) is 0.112. The van der Waals surface area contributed by atoms with Crippen molar-refractivity contribution in [3.63, 3.8) is 0 Å². The van der Waals surface area contributed by atoms with Crippen molar-refractivity contribution in [1.82, 2.24) is 5.32 Å². The lowest BCUT2D eigenvalue weighted by atomic mass is 10.00. The lowest BCUT2D eigenvalue weighted by Crippen LogP contribution is -2.36. The van der Waals surface area contributed by atoms with Crippen LogP contribution in [0.2, 0.25) is 0 Å². The molecule has 0 aliphatic heterocycles. The van der Waals surface area contributed by atoms with E-state index >= 15 is 0 Å². The van der Waals surface area contributed by atoms with Crippen molar-refractivity contribution >= 4 is 23.3 Å². The first kappa shape index (κ1) is 28.8. The van der Waals surface area contributed by atoms with E-state index in [0.29, 0.717) is 40.5 Å². The van der Waals surface area contributed by atoms with Gasteiger partial charge in [-0.2, -0.15) is 0 Å². The highest BCUT2D eigenvalue weighted by Gasteiger charge is 2.26. The van der Waals surface area contributed by atoms with Crippen molar-refractivity contribution in [3.8, 4) is 11.5 Å². The van der Waals surface area contributed by atoms with Crippen LogP contribution in [0, 0.1) is 5.41 Å². The number of rotatable bonds is 14. The van der Waals surface area contributed by atoms with Crippen LogP contribution in [0.3, 0.4) is 0 Å². The third-order valence-corrected chi connectivity index (χ3v) is 6.45. The van der Waals surface area contributed by atoms with Crippen molar-refractivity contribution in [2.24, 2.45) is 5.73 Å². The molecule has 0 aliphatic rings. The molecule has 2 atom stereocenters. The zero-order valence-corrected chi connectivity index (χ0v) is 22.5. The first-order valence-corrected chi connectivity index (χ1v) is 12.9. The highest BCUT2D eigenvalue weighted by atomic mass is 16.5. The number of aliphatic carboxylic acids is 1. The van der Waals surface area contributed by atoms with Crippen LogP contribution >= 0.6 is 0 Å². The summed E-state index contributed by atoms with van der Waals surface area (Å²) in [4.78, 5) is 25.6. The molecule has 41 heavy (non-hydrogen) atoms. The van der Waals surface area contributed by atoms with Gasteiger partial charge in [-0.1, -0.05) is 66.7 Å². The maximum Gasteiger partial charge on any atom is 0.325 e. The van der Waals surface area contributed by atoms with Gasteiger partial charge in [0.15, 0.2) is 17.3 Å². The number of carboxylic acid groups (broad SMARTS) is 1. The zero-order valence-electron chi connectivity index (χ0n) is 22.5. The summed E-state index contributed by atoms with van der Waals surface area (Å²) in [5.74, 6) is -0.474. The Labute approximate surface area is 238 Å². The first-order valence-electron chi connectivity index (χ1n) is 12.9. The number of carbonyl (C=O) groups excluding carboxylic acids is 1. The molecule has 9 heteroatoms. The van der Waals surface area contributed by atoms with Crippen molar-refractivity contribution in [2.75, 3.05) is 19.0 Å². The van der Waals surface area contributed by atoms with Crippen LogP contribution in [0.15, 0.2) is 103 Å². The Balaban J connectivity index is 1.59. The normalized spacial score (nSPS) is 12.1. The minimum absolute atomic E-state index is 0.0650. The average molecular weight is 553 g/mol. The van der Waals surface area contributed by atoms with E-state index < -0.39 is 18.1 Å². The molecule has 4 aromatic carbocycles. The molecule has 0 heterocycles. The number of hydrogen-bond acceptors (Lipinski definition) is 7. The Morgan fingerprint density at radius 3 is 2.12 bits per heavy atom. The number of methoxy groups -OCH3 is 1. The summed E-state index contributed by atoms with van der Waals surface area (Å²) in [6.45, 7) is 0.128. The van der Waals surface area contributed by atoms with E-state index in [0.717, 1.165) is 5.56 Å². The van der Waals surface area contributed by atoms with Crippen LogP contribution < -0.4 is 25.8 Å². The molecule has 6 N–H and O–H groups in total. The van der Waals surface area contributed by atoms with E-state index in [1.54, 1.807) is 72.8 Å². The molecule has 210 valence electrons. The number of anilines is 1. The van der Waals surface area contributed by atoms with Gasteiger partial charge in [0.25, 0.3) is 0 Å². The number of nitrogen functional groups attached to an aromatic ring is 1. The van der Waals surface area contributed by atoms with Crippen LogP contribution in [-0.2, 0) is 16.2 Å². The van der Waals surface area contributed by atoms with Crippen LogP contribution in [-0.4, -0.2) is 36.3 Å². The molecule has 0 saturated heterocycles. The number of nitrogens with two attached hydrogens (primary N) is 1. The van der Waals surface area contributed by atoms with Gasteiger partial charge in [0, 0.05) is 11.3 Å². The number of Topliss-reactive ketones (excluding diaryl/α,β-unsaturated/α-hetero) is 1. The van der Waals surface area contributed by atoms with Gasteiger partial charge >= 0.3 is 5.97 Å². The van der Waals surface area contributed by atoms with Gasteiger partial charge in [0.2, 0.25) is 0 Å². The summed E-state index contributed by atoms with van der Waals surface area (Å²) in [5.41, 5.74) is 8.89. The predicted molar refractivity (Wildman–Crippen MR) is 157 cm³/mol. The third kappa shape index (κ3) is 7.71. The van der Waals surface area contributed by atoms with Crippen LogP contribution in [0.1, 0.15) is 34.3 Å². The summed E-state index contributed by atoms with van der Waals surface area (Å²) in [6.07, 6.45) is 0. The lowest BCUT2D eigenvalue weighted by Gasteiger charge is -2.22. The second kappa shape index (κ2) is 13.8. The van der Waals surface area contributed by atoms with Gasteiger partial charge in [-0.3, -0.25) is 20.3 Å². The Morgan fingerprint density at radius 1 is 0.854 bits per heavy atom. The molecule has 0 aliphatic carbocycles. The number of nitrogens with one attached hydrogen (secondary N) is 3. The number of carbonyl (C=O) groups is 2. The molecular formula is C32H32N4O5. The van der Waals surface area contributed by atoms with Crippen LogP contribution in [0.4, 0.5) is 5.69 Å². The Kier molecular flexibility index (Phi) is 9.69. The summed E-state index contributed by atoms with van der Waals surface area (Å²) in [7, 11) is 1.53. The molecule has 9 nitrogen and oxygen atoms in total. The topological polar surface area (TPSA) is 147 Å². The van der Waals surface area contributed by atoms with Gasteiger partial charge < -0.3 is 25.6 Å². The van der Waals surface area contributed by atoms with Crippen LogP contribution in [0.5, 0.6) is 11.5 Å². The van der Waals surface area contributed by atoms with Gasteiger partial charge in [-0.05, 0) is 53.1 Å². The molecule has 0 saturated carbocycles. The monoisotopic (exact) mass is 552 g/mol. The SMILES string of the molecule is COc1cc([C@@H](Nc2ccc(C(=N)N)cc2)C(=O)CN[C@H](C(=O)O)c2ccccc2)ccc1OCc1ccccc1. The fraction of sp³-hybridized carbons (Fsp3) is 0.156. The van der Waals surface area contributed by atoms with Crippen LogP contribution in [0.25, 0.3) is 0 Å². The first-order chi connectivity index (χ1) is 19.9. The number of ether oxygens (including phenoxy) is 2. The number of benzene rings is 4. The minimum Gasteiger partial charge on any atom is -0.493 e. The lowest BCUT2D eigenvalue weighted by molar-refractivity contribution is -0.139. The molecule has 4 aromatic rings. The summed E-state index contributed by atoms with van der Waals surface area (Å²) >= 11 is 0. The van der Waals surface area contributed by atoms with Crippen molar-refractivity contribution in [1.29, 1.82) is 5.41 Å². The molecule has 0 unspecified atom stereocenters. The van der Waals surface area contributed by atoms with E-state index in [2.05, 4.69) is 10.6 Å². The highest BCUT2D eigenvalue weighted by molar-refractivity contribution is 5.95. The van der Waals surface area contributed by atoms with E-state index in [4.69, 9.17) is 20.6 Å². The zero-order chi connectivity index (χ0) is 29.2. The maximum atomic E-state index is 13.6. The Morgan fingerprint density at radius 2 is 1.51 bits per heavy atom. The van der Waals surface area contributed by atoms with E-state index in [9.17, 15) is 14.7 Å². The smallest absolute Gasteiger partial charge is 0.325 e. The summed E-state index contributed by atoms with van der Waals surface area (Å²) in [5, 5.41) is 23.5. The molecule has 0 spiro atoms. The number of hydrogen-bond donors (Lipinski definition) is 5.